The van der Waals surface area contributed by atoms with Crippen LogP contribution in [0.1, 0.15) is 18.9 Å². The Hall–Kier alpha value is -3.10. The van der Waals surface area contributed by atoms with E-state index in [9.17, 15) is 14.4 Å². The summed E-state index contributed by atoms with van der Waals surface area (Å²) < 4.78 is 3.08. The molecule has 3 aromatic rings. The van der Waals surface area contributed by atoms with Gasteiger partial charge in [0.15, 0.2) is 0 Å². The number of anilines is 1. The van der Waals surface area contributed by atoms with Crippen LogP contribution in [0.4, 0.5) is 5.69 Å². The Kier molecular flexibility index (Phi) is 6.08. The number of carbonyl (C=O) groups is 2. The summed E-state index contributed by atoms with van der Waals surface area (Å²) in [4.78, 5) is 39.2. The van der Waals surface area contributed by atoms with Gasteiger partial charge in [-0.25, -0.2) is 4.79 Å². The lowest BCUT2D eigenvalue weighted by molar-refractivity contribution is -0.135. The highest BCUT2D eigenvalue weighted by molar-refractivity contribution is 6.00. The molecule has 8 nitrogen and oxygen atoms in total. The smallest absolute Gasteiger partial charge is 0.329 e. The summed E-state index contributed by atoms with van der Waals surface area (Å²) in [5.41, 5.74) is 4.50. The van der Waals surface area contributed by atoms with E-state index in [2.05, 4.69) is 39.8 Å². The lowest BCUT2D eigenvalue weighted by Crippen LogP contribution is -2.44. The molecule has 5 rings (SSSR count). The third-order valence-electron chi connectivity index (χ3n) is 6.29. The van der Waals surface area contributed by atoms with Gasteiger partial charge in [0.1, 0.15) is 6.04 Å². The van der Waals surface area contributed by atoms with E-state index < -0.39 is 11.9 Å². The first-order valence-corrected chi connectivity index (χ1v) is 10.6. The number of aromatic nitrogens is 2. The summed E-state index contributed by atoms with van der Waals surface area (Å²) in [7, 11) is 1.71. The molecule has 1 aromatic heterocycles. The zero-order chi connectivity index (χ0) is 21.5. The monoisotopic (exact) mass is 455 g/mol. The van der Waals surface area contributed by atoms with Crippen molar-refractivity contribution in [2.45, 2.75) is 18.9 Å². The van der Waals surface area contributed by atoms with Crippen molar-refractivity contribution < 1.29 is 9.59 Å². The van der Waals surface area contributed by atoms with Crippen LogP contribution in [0, 0.1) is 0 Å². The second kappa shape index (κ2) is 8.80. The Labute approximate surface area is 191 Å². The summed E-state index contributed by atoms with van der Waals surface area (Å²) in [5.74, 6) is -0.709. The van der Waals surface area contributed by atoms with Gasteiger partial charge < -0.3 is 10.2 Å². The molecule has 32 heavy (non-hydrogen) atoms. The summed E-state index contributed by atoms with van der Waals surface area (Å²) in [6, 6.07) is 13.7. The number of hydrogen-bond donors (Lipinski definition) is 2. The van der Waals surface area contributed by atoms with Gasteiger partial charge in [0.05, 0.1) is 11.0 Å². The van der Waals surface area contributed by atoms with Gasteiger partial charge in [-0.3, -0.25) is 24.0 Å². The Morgan fingerprint density at radius 1 is 0.906 bits per heavy atom. The minimum absolute atomic E-state index is 0. The SMILES string of the molecule is Cl.Cn1c(=O)n(C2CCC(=O)NC2=O)c2ccc(-c3ccc(N4CCNCC4)cc3)cc21. The zero-order valence-corrected chi connectivity index (χ0v) is 18.7. The Morgan fingerprint density at radius 2 is 1.59 bits per heavy atom. The molecule has 2 aliphatic rings. The number of carbonyl (C=O) groups excluding carboxylic acids is 2. The standard InChI is InChI=1S/C23H25N5O3.ClH/c1-26-20-14-16(15-2-5-17(6-3-15)27-12-10-24-11-13-27)4-7-18(20)28(23(26)31)19-8-9-21(29)25-22(19)30;/h2-7,14,19,24H,8-13H2,1H3,(H,25,29,30);1H. The summed E-state index contributed by atoms with van der Waals surface area (Å²) in [5, 5.41) is 5.71. The molecule has 2 amide bonds. The molecular formula is C23H26ClN5O3. The summed E-state index contributed by atoms with van der Waals surface area (Å²) in [6.07, 6.45) is 0.565. The number of fused-ring (bicyclic) bond motifs is 1. The number of rotatable bonds is 3. The number of amides is 2. The van der Waals surface area contributed by atoms with Gasteiger partial charge in [-0.05, 0) is 41.8 Å². The van der Waals surface area contributed by atoms with Crippen LogP contribution in [0.15, 0.2) is 47.3 Å². The number of piperidine rings is 1. The van der Waals surface area contributed by atoms with E-state index in [1.165, 1.54) is 10.3 Å². The maximum absolute atomic E-state index is 12.9. The number of hydrogen-bond acceptors (Lipinski definition) is 5. The van der Waals surface area contributed by atoms with E-state index in [1.54, 1.807) is 11.6 Å². The van der Waals surface area contributed by atoms with Crippen molar-refractivity contribution in [3.05, 3.63) is 52.9 Å². The van der Waals surface area contributed by atoms with E-state index in [1.807, 2.05) is 18.2 Å². The molecule has 9 heteroatoms. The highest BCUT2D eigenvalue weighted by Crippen LogP contribution is 2.28. The minimum atomic E-state index is -0.668. The third-order valence-corrected chi connectivity index (χ3v) is 6.29. The predicted octanol–water partition coefficient (Wildman–Crippen LogP) is 1.82. The molecular weight excluding hydrogens is 430 g/mol. The van der Waals surface area contributed by atoms with Gasteiger partial charge in [0.25, 0.3) is 0 Å². The summed E-state index contributed by atoms with van der Waals surface area (Å²) in [6.45, 7) is 4.00. The van der Waals surface area contributed by atoms with Crippen LogP contribution >= 0.6 is 12.4 Å². The van der Waals surface area contributed by atoms with E-state index in [4.69, 9.17) is 0 Å². The maximum Gasteiger partial charge on any atom is 0.329 e. The fourth-order valence-corrected chi connectivity index (χ4v) is 4.56. The van der Waals surface area contributed by atoms with Gasteiger partial charge in [0.2, 0.25) is 11.8 Å². The fraction of sp³-hybridized carbons (Fsp3) is 0.348. The van der Waals surface area contributed by atoms with E-state index in [-0.39, 0.29) is 30.4 Å². The molecule has 2 N–H and O–H groups in total. The molecule has 0 saturated carbocycles. The highest BCUT2D eigenvalue weighted by atomic mass is 35.5. The predicted molar refractivity (Wildman–Crippen MR) is 126 cm³/mol. The number of imide groups is 1. The van der Waals surface area contributed by atoms with Gasteiger partial charge in [-0.2, -0.15) is 0 Å². The second-order valence-electron chi connectivity index (χ2n) is 8.17. The number of halogens is 1. The Balaban J connectivity index is 0.00000245. The minimum Gasteiger partial charge on any atom is -0.369 e. The maximum atomic E-state index is 12.9. The molecule has 0 aliphatic carbocycles. The molecule has 2 aromatic carbocycles. The first kappa shape index (κ1) is 22.1. The molecule has 1 unspecified atom stereocenters. The van der Waals surface area contributed by atoms with E-state index in [0.29, 0.717) is 11.9 Å². The van der Waals surface area contributed by atoms with Crippen LogP contribution in [-0.2, 0) is 16.6 Å². The first-order valence-electron chi connectivity index (χ1n) is 10.6. The summed E-state index contributed by atoms with van der Waals surface area (Å²) >= 11 is 0. The van der Waals surface area contributed by atoms with Crippen molar-refractivity contribution >= 4 is 40.9 Å². The molecule has 0 radical (unpaired) electrons. The topological polar surface area (TPSA) is 88.4 Å². The van der Waals surface area contributed by atoms with Crippen LogP contribution in [0.2, 0.25) is 0 Å². The van der Waals surface area contributed by atoms with Crippen LogP contribution in [0.25, 0.3) is 22.2 Å². The van der Waals surface area contributed by atoms with Crippen LogP contribution in [-0.4, -0.2) is 47.1 Å². The number of nitrogens with zero attached hydrogens (tertiary/aromatic N) is 3. The van der Waals surface area contributed by atoms with Crippen molar-refractivity contribution in [1.29, 1.82) is 0 Å². The van der Waals surface area contributed by atoms with Gasteiger partial charge in [0, 0.05) is 45.3 Å². The quantitative estimate of drug-likeness (QED) is 0.588. The number of nitrogens with one attached hydrogen (secondary N) is 2. The normalized spacial score (nSPS) is 19.0. The van der Waals surface area contributed by atoms with Crippen LogP contribution in [0.5, 0.6) is 0 Å². The lowest BCUT2D eigenvalue weighted by Gasteiger charge is -2.29. The second-order valence-corrected chi connectivity index (χ2v) is 8.17. The third kappa shape index (κ3) is 3.80. The fourth-order valence-electron chi connectivity index (χ4n) is 4.56. The molecule has 2 saturated heterocycles. The molecule has 168 valence electrons. The molecule has 1 atom stereocenters. The average molecular weight is 456 g/mol. The average Bonchev–Trinajstić information content (AvgIpc) is 3.04. The highest BCUT2D eigenvalue weighted by Gasteiger charge is 2.31. The zero-order valence-electron chi connectivity index (χ0n) is 17.8. The van der Waals surface area contributed by atoms with Gasteiger partial charge in [-0.15, -0.1) is 12.4 Å². The molecule has 0 spiro atoms. The van der Waals surface area contributed by atoms with Crippen molar-refractivity contribution in [1.82, 2.24) is 19.8 Å². The molecule has 0 bridgehead atoms. The van der Waals surface area contributed by atoms with E-state index >= 15 is 0 Å². The largest absolute Gasteiger partial charge is 0.369 e. The van der Waals surface area contributed by atoms with E-state index in [0.717, 1.165) is 42.8 Å². The van der Waals surface area contributed by atoms with Crippen molar-refractivity contribution in [2.75, 3.05) is 31.1 Å². The number of benzene rings is 2. The molecule has 2 fully saturated rings. The van der Waals surface area contributed by atoms with Crippen LogP contribution in [0.3, 0.4) is 0 Å². The number of piperazine rings is 1. The Bertz CT molecular complexity index is 1220. The number of aryl methyl sites for hydroxylation is 1. The van der Waals surface area contributed by atoms with Crippen molar-refractivity contribution in [3.8, 4) is 11.1 Å². The van der Waals surface area contributed by atoms with Gasteiger partial charge in [-0.1, -0.05) is 18.2 Å². The van der Waals surface area contributed by atoms with Crippen molar-refractivity contribution in [2.24, 2.45) is 7.05 Å². The first-order chi connectivity index (χ1) is 15.0. The lowest BCUT2D eigenvalue weighted by atomic mass is 10.0. The van der Waals surface area contributed by atoms with Gasteiger partial charge >= 0.3 is 5.69 Å². The Morgan fingerprint density at radius 3 is 2.28 bits per heavy atom. The number of imidazole rings is 1. The molecule has 2 aliphatic heterocycles. The van der Waals surface area contributed by atoms with Crippen LogP contribution < -0.4 is 21.2 Å². The van der Waals surface area contributed by atoms with Crippen molar-refractivity contribution in [3.63, 3.8) is 0 Å². The molecule has 3 heterocycles.